The van der Waals surface area contributed by atoms with E-state index in [0.717, 1.165) is 16.3 Å². The van der Waals surface area contributed by atoms with Gasteiger partial charge in [0.05, 0.1) is 6.61 Å². The van der Waals surface area contributed by atoms with Gasteiger partial charge in [-0.15, -0.1) is 0 Å². The Bertz CT molecular complexity index is 542. The number of ether oxygens (including phenoxy) is 1. The summed E-state index contributed by atoms with van der Waals surface area (Å²) in [6.45, 7) is 2.75. The molecule has 2 nitrogen and oxygen atoms in total. The van der Waals surface area contributed by atoms with Crippen LogP contribution in [0.15, 0.2) is 48.5 Å². The summed E-state index contributed by atoms with van der Waals surface area (Å²) in [4.78, 5) is 0. The van der Waals surface area contributed by atoms with E-state index in [9.17, 15) is 0 Å². The molecule has 0 spiro atoms. The molecule has 0 heterocycles. The van der Waals surface area contributed by atoms with E-state index in [1.54, 1.807) is 7.11 Å². The normalized spacial score (nSPS) is 12.2. The minimum atomic E-state index is 0.205. The summed E-state index contributed by atoms with van der Waals surface area (Å²) >= 11 is 6.01. The van der Waals surface area contributed by atoms with Crippen molar-refractivity contribution in [3.05, 3.63) is 64.7 Å². The lowest BCUT2D eigenvalue weighted by Crippen LogP contribution is -2.06. The second kappa shape index (κ2) is 6.60. The van der Waals surface area contributed by atoms with E-state index < -0.39 is 0 Å². The molecule has 0 aromatic heterocycles. The molecule has 0 aliphatic rings. The predicted octanol–water partition coefficient (Wildman–Crippen LogP) is 4.66. The maximum atomic E-state index is 6.01. The van der Waals surface area contributed by atoms with Gasteiger partial charge in [-0.25, -0.2) is 0 Å². The molecule has 2 aromatic rings. The van der Waals surface area contributed by atoms with Gasteiger partial charge in [0.1, 0.15) is 0 Å². The number of benzene rings is 2. The highest BCUT2D eigenvalue weighted by Gasteiger charge is 2.06. The highest BCUT2D eigenvalue weighted by Crippen LogP contribution is 2.22. The fourth-order valence-electron chi connectivity index (χ4n) is 2.03. The maximum Gasteiger partial charge on any atom is 0.0713 e. The van der Waals surface area contributed by atoms with Crippen LogP contribution in [0.1, 0.15) is 24.1 Å². The Kier molecular flexibility index (Phi) is 4.83. The molecule has 0 bridgehead atoms. The van der Waals surface area contributed by atoms with Crippen molar-refractivity contribution < 1.29 is 4.74 Å². The number of rotatable bonds is 5. The average Bonchev–Trinajstić information content (AvgIpc) is 2.39. The highest BCUT2D eigenvalue weighted by atomic mass is 35.5. The van der Waals surface area contributed by atoms with Crippen LogP contribution in [0.25, 0.3) is 0 Å². The molecule has 0 amide bonds. The molecule has 3 heteroatoms. The summed E-state index contributed by atoms with van der Waals surface area (Å²) in [5.41, 5.74) is 3.41. The molecule has 0 radical (unpaired) electrons. The molecule has 0 aliphatic carbocycles. The second-order valence-corrected chi connectivity index (χ2v) is 4.99. The second-order valence-electron chi connectivity index (χ2n) is 4.55. The highest BCUT2D eigenvalue weighted by molar-refractivity contribution is 6.30. The lowest BCUT2D eigenvalue weighted by molar-refractivity contribution is 0.185. The van der Waals surface area contributed by atoms with Gasteiger partial charge in [0.15, 0.2) is 0 Å². The van der Waals surface area contributed by atoms with Crippen LogP contribution in [-0.4, -0.2) is 7.11 Å². The van der Waals surface area contributed by atoms with Crippen LogP contribution in [0.2, 0.25) is 5.02 Å². The summed E-state index contributed by atoms with van der Waals surface area (Å²) in [7, 11) is 1.70. The molecule has 19 heavy (non-hydrogen) atoms. The first-order valence-electron chi connectivity index (χ1n) is 6.29. The molecule has 1 atom stereocenters. The first-order valence-corrected chi connectivity index (χ1v) is 6.66. The Balaban J connectivity index is 2.10. The van der Waals surface area contributed by atoms with Gasteiger partial charge in [-0.3, -0.25) is 0 Å². The van der Waals surface area contributed by atoms with Crippen LogP contribution >= 0.6 is 11.6 Å². The van der Waals surface area contributed by atoms with E-state index >= 15 is 0 Å². The third-order valence-corrected chi connectivity index (χ3v) is 3.20. The van der Waals surface area contributed by atoms with Crippen LogP contribution in [0.4, 0.5) is 5.69 Å². The van der Waals surface area contributed by atoms with Gasteiger partial charge < -0.3 is 10.1 Å². The van der Waals surface area contributed by atoms with Crippen molar-refractivity contribution in [1.29, 1.82) is 0 Å². The van der Waals surface area contributed by atoms with Crippen LogP contribution in [0.3, 0.4) is 0 Å². The summed E-state index contributed by atoms with van der Waals surface area (Å²) in [5, 5.41) is 4.23. The van der Waals surface area contributed by atoms with E-state index in [0.29, 0.717) is 6.61 Å². The molecule has 0 aliphatic heterocycles. The monoisotopic (exact) mass is 275 g/mol. The van der Waals surface area contributed by atoms with E-state index in [1.807, 2.05) is 24.3 Å². The van der Waals surface area contributed by atoms with Crippen LogP contribution < -0.4 is 5.32 Å². The first-order chi connectivity index (χ1) is 9.19. The lowest BCUT2D eigenvalue weighted by atomic mass is 10.1. The third kappa shape index (κ3) is 3.98. The van der Waals surface area contributed by atoms with Crippen LogP contribution in [0, 0.1) is 0 Å². The molecule has 0 saturated carbocycles. The quantitative estimate of drug-likeness (QED) is 0.857. The van der Waals surface area contributed by atoms with Crippen molar-refractivity contribution in [3.8, 4) is 0 Å². The van der Waals surface area contributed by atoms with E-state index in [-0.39, 0.29) is 6.04 Å². The minimum absolute atomic E-state index is 0.205. The van der Waals surface area contributed by atoms with Crippen molar-refractivity contribution in [2.24, 2.45) is 0 Å². The third-order valence-electron chi connectivity index (χ3n) is 2.97. The number of anilines is 1. The number of hydrogen-bond donors (Lipinski definition) is 1. The van der Waals surface area contributed by atoms with Crippen molar-refractivity contribution >= 4 is 17.3 Å². The van der Waals surface area contributed by atoms with Crippen molar-refractivity contribution in [2.75, 3.05) is 12.4 Å². The number of nitrogens with one attached hydrogen (secondary N) is 1. The Hall–Kier alpha value is -1.51. The zero-order valence-electron chi connectivity index (χ0n) is 11.2. The number of hydrogen-bond acceptors (Lipinski definition) is 2. The molecule has 2 rings (SSSR count). The molecule has 0 fully saturated rings. The fourth-order valence-corrected chi connectivity index (χ4v) is 2.23. The Morgan fingerprint density at radius 2 is 1.95 bits per heavy atom. The van der Waals surface area contributed by atoms with Gasteiger partial charge >= 0.3 is 0 Å². The van der Waals surface area contributed by atoms with Crippen LogP contribution in [0.5, 0.6) is 0 Å². The van der Waals surface area contributed by atoms with E-state index in [2.05, 4.69) is 36.5 Å². The minimum Gasteiger partial charge on any atom is -0.380 e. The van der Waals surface area contributed by atoms with Gasteiger partial charge in [0, 0.05) is 23.9 Å². The summed E-state index contributed by atoms with van der Waals surface area (Å²) in [5.74, 6) is 0. The van der Waals surface area contributed by atoms with Crippen molar-refractivity contribution in [1.82, 2.24) is 0 Å². The zero-order chi connectivity index (χ0) is 13.7. The molecule has 1 unspecified atom stereocenters. The van der Waals surface area contributed by atoms with Crippen molar-refractivity contribution in [2.45, 2.75) is 19.6 Å². The lowest BCUT2D eigenvalue weighted by Gasteiger charge is -2.16. The smallest absolute Gasteiger partial charge is 0.0713 e. The Morgan fingerprint density at radius 3 is 2.68 bits per heavy atom. The molecule has 1 N–H and O–H groups in total. The topological polar surface area (TPSA) is 21.3 Å². The van der Waals surface area contributed by atoms with Crippen LogP contribution in [-0.2, 0) is 11.3 Å². The standard InChI is InChI=1S/C16H18ClNO/c1-12(14-6-4-7-15(17)10-14)18-16-8-3-5-13(9-16)11-19-2/h3-10,12,18H,11H2,1-2H3. The van der Waals surface area contributed by atoms with Gasteiger partial charge in [-0.1, -0.05) is 35.9 Å². The molecular weight excluding hydrogens is 258 g/mol. The van der Waals surface area contributed by atoms with Gasteiger partial charge in [-0.05, 0) is 42.3 Å². The van der Waals surface area contributed by atoms with Gasteiger partial charge in [-0.2, -0.15) is 0 Å². The zero-order valence-corrected chi connectivity index (χ0v) is 11.9. The summed E-state index contributed by atoms with van der Waals surface area (Å²) < 4.78 is 5.14. The van der Waals surface area contributed by atoms with Gasteiger partial charge in [0.2, 0.25) is 0 Å². The Labute approximate surface area is 119 Å². The number of methoxy groups -OCH3 is 1. The predicted molar refractivity (Wildman–Crippen MR) is 80.6 cm³/mol. The Morgan fingerprint density at radius 1 is 1.16 bits per heavy atom. The largest absolute Gasteiger partial charge is 0.380 e. The summed E-state index contributed by atoms with van der Waals surface area (Å²) in [6.07, 6.45) is 0. The number of halogens is 1. The fraction of sp³-hybridized carbons (Fsp3) is 0.250. The van der Waals surface area contributed by atoms with E-state index in [4.69, 9.17) is 16.3 Å². The van der Waals surface area contributed by atoms with Gasteiger partial charge in [0.25, 0.3) is 0 Å². The summed E-state index contributed by atoms with van der Waals surface area (Å²) in [6, 6.07) is 16.4. The maximum absolute atomic E-state index is 6.01. The SMILES string of the molecule is COCc1cccc(NC(C)c2cccc(Cl)c2)c1. The molecular formula is C16H18ClNO. The van der Waals surface area contributed by atoms with Crippen molar-refractivity contribution in [3.63, 3.8) is 0 Å². The average molecular weight is 276 g/mol. The first kappa shape index (κ1) is 13.9. The van der Waals surface area contributed by atoms with E-state index in [1.165, 1.54) is 5.56 Å². The molecule has 2 aromatic carbocycles. The molecule has 100 valence electrons. The molecule has 0 saturated heterocycles.